The van der Waals surface area contributed by atoms with Gasteiger partial charge in [0, 0.05) is 43.2 Å². The van der Waals surface area contributed by atoms with Gasteiger partial charge in [0.05, 0.1) is 35.8 Å². The standard InChI is InChI=1S/C32H30F3N5O4/c1-2-22-25(34)5-4-18-10-20(42)11-23(26(18)22)28-27(35)29-24(13-36-28)30(39-8-9-43-21(15-39)16-41)38-31(37-29)44-17-32-6-3-7-40(32)14-19(33)12-32/h1,4-5,10-11,13,19,21,41-42H,3,6-9,12,14-17H2. The zero-order valence-electron chi connectivity index (χ0n) is 23.8. The molecule has 3 atom stereocenters. The predicted molar refractivity (Wildman–Crippen MR) is 157 cm³/mol. The van der Waals surface area contributed by atoms with Crippen LogP contribution in [0.4, 0.5) is 19.0 Å². The van der Waals surface area contributed by atoms with E-state index in [1.54, 1.807) is 0 Å². The number of anilines is 1. The van der Waals surface area contributed by atoms with E-state index < -0.39 is 29.4 Å². The van der Waals surface area contributed by atoms with Crippen LogP contribution >= 0.6 is 0 Å². The lowest BCUT2D eigenvalue weighted by Gasteiger charge is -2.34. The molecule has 4 aromatic rings. The van der Waals surface area contributed by atoms with Crippen LogP contribution in [0.3, 0.4) is 0 Å². The Morgan fingerprint density at radius 2 is 2.05 bits per heavy atom. The third-order valence-electron chi connectivity index (χ3n) is 8.97. The molecule has 0 bridgehead atoms. The topological polar surface area (TPSA) is 104 Å². The molecule has 3 saturated heterocycles. The Bertz CT molecular complexity index is 1820. The second-order valence-corrected chi connectivity index (χ2v) is 11.7. The maximum atomic E-state index is 16.7. The van der Waals surface area contributed by atoms with Crippen molar-refractivity contribution in [3.05, 3.63) is 47.7 Å². The number of hydrogen-bond acceptors (Lipinski definition) is 9. The van der Waals surface area contributed by atoms with Crippen molar-refractivity contribution in [1.29, 1.82) is 0 Å². The van der Waals surface area contributed by atoms with E-state index in [0.29, 0.717) is 37.3 Å². The highest BCUT2D eigenvalue weighted by molar-refractivity contribution is 6.03. The highest BCUT2D eigenvalue weighted by Gasteiger charge is 2.49. The number of aliphatic hydroxyl groups is 1. The van der Waals surface area contributed by atoms with Gasteiger partial charge in [-0.3, -0.25) is 9.88 Å². The molecule has 0 saturated carbocycles. The molecule has 0 amide bonds. The lowest BCUT2D eigenvalue weighted by molar-refractivity contribution is 0.00339. The molecule has 228 valence electrons. The summed E-state index contributed by atoms with van der Waals surface area (Å²) in [7, 11) is 0. The van der Waals surface area contributed by atoms with Crippen LogP contribution in [-0.2, 0) is 4.74 Å². The summed E-state index contributed by atoms with van der Waals surface area (Å²) < 4.78 is 57.6. The first-order valence-electron chi connectivity index (χ1n) is 14.6. The largest absolute Gasteiger partial charge is 0.508 e. The van der Waals surface area contributed by atoms with Gasteiger partial charge in [-0.05, 0) is 43.0 Å². The molecule has 9 nitrogen and oxygen atoms in total. The third kappa shape index (κ3) is 4.76. The van der Waals surface area contributed by atoms with E-state index >= 15 is 4.39 Å². The Kier molecular flexibility index (Phi) is 7.19. The molecule has 7 rings (SSSR count). The fourth-order valence-electron chi connectivity index (χ4n) is 6.94. The van der Waals surface area contributed by atoms with Crippen LogP contribution in [0.1, 0.15) is 24.8 Å². The Labute approximate surface area is 251 Å². The van der Waals surface area contributed by atoms with Gasteiger partial charge in [-0.1, -0.05) is 12.0 Å². The molecule has 0 aliphatic carbocycles. The summed E-state index contributed by atoms with van der Waals surface area (Å²) in [5, 5.41) is 21.1. The smallest absolute Gasteiger partial charge is 0.319 e. The Morgan fingerprint density at radius 1 is 1.18 bits per heavy atom. The van der Waals surface area contributed by atoms with Gasteiger partial charge in [0.15, 0.2) is 5.82 Å². The molecule has 0 spiro atoms. The highest BCUT2D eigenvalue weighted by atomic mass is 19.1. The van der Waals surface area contributed by atoms with E-state index in [4.69, 9.17) is 15.9 Å². The first kappa shape index (κ1) is 28.6. The fourth-order valence-corrected chi connectivity index (χ4v) is 6.94. The van der Waals surface area contributed by atoms with Gasteiger partial charge in [-0.2, -0.15) is 9.97 Å². The molecular formula is C32H30F3N5O4. The van der Waals surface area contributed by atoms with Crippen molar-refractivity contribution in [2.75, 3.05) is 50.9 Å². The van der Waals surface area contributed by atoms with E-state index in [1.807, 2.05) is 4.90 Å². The Morgan fingerprint density at radius 3 is 2.86 bits per heavy atom. The molecule has 5 heterocycles. The van der Waals surface area contributed by atoms with Crippen LogP contribution in [0.25, 0.3) is 32.9 Å². The van der Waals surface area contributed by atoms with Crippen molar-refractivity contribution in [3.8, 4) is 35.4 Å². The molecule has 0 radical (unpaired) electrons. The van der Waals surface area contributed by atoms with E-state index in [1.165, 1.54) is 30.5 Å². The number of ether oxygens (including phenoxy) is 2. The maximum absolute atomic E-state index is 16.7. The molecule has 2 aromatic carbocycles. The number of aromatic nitrogens is 3. The second kappa shape index (κ2) is 11.1. The first-order chi connectivity index (χ1) is 21.3. The van der Waals surface area contributed by atoms with Gasteiger partial charge < -0.3 is 24.6 Å². The van der Waals surface area contributed by atoms with Gasteiger partial charge in [0.25, 0.3) is 0 Å². The number of nitrogens with zero attached hydrogens (tertiary/aromatic N) is 5. The van der Waals surface area contributed by atoms with Gasteiger partial charge in [0.2, 0.25) is 0 Å². The van der Waals surface area contributed by atoms with Crippen molar-refractivity contribution in [2.24, 2.45) is 0 Å². The number of alkyl halides is 1. The number of benzene rings is 2. The molecule has 3 fully saturated rings. The van der Waals surface area contributed by atoms with Crippen molar-refractivity contribution < 1.29 is 32.9 Å². The quantitative estimate of drug-likeness (QED) is 0.316. The number of halogens is 3. The molecule has 12 heteroatoms. The van der Waals surface area contributed by atoms with Gasteiger partial charge in [-0.25, -0.2) is 13.2 Å². The van der Waals surface area contributed by atoms with E-state index in [9.17, 15) is 19.0 Å². The Balaban J connectivity index is 1.38. The number of terminal acetylenes is 1. The maximum Gasteiger partial charge on any atom is 0.319 e. The minimum absolute atomic E-state index is 0.0855. The SMILES string of the molecule is C#Cc1c(F)ccc2cc(O)cc(-c3ncc4c(N5CCOC(CO)C5)nc(OCC56CCCN5CC(F)C6)nc4c3F)c12. The molecule has 3 aliphatic heterocycles. The van der Waals surface area contributed by atoms with Crippen molar-refractivity contribution in [1.82, 2.24) is 19.9 Å². The van der Waals surface area contributed by atoms with Gasteiger partial charge in [0.1, 0.15) is 41.4 Å². The molecule has 2 N–H and O–H groups in total. The normalized spacial score (nSPS) is 23.8. The summed E-state index contributed by atoms with van der Waals surface area (Å²) in [6.45, 7) is 2.08. The number of aliphatic hydroxyl groups excluding tert-OH is 1. The molecule has 44 heavy (non-hydrogen) atoms. The van der Waals surface area contributed by atoms with Crippen LogP contribution in [0.5, 0.6) is 11.8 Å². The van der Waals surface area contributed by atoms with Crippen LogP contribution in [0.2, 0.25) is 0 Å². The summed E-state index contributed by atoms with van der Waals surface area (Å²) in [4.78, 5) is 17.5. The number of aromatic hydroxyl groups is 1. The molecular weight excluding hydrogens is 575 g/mol. The van der Waals surface area contributed by atoms with Gasteiger partial charge >= 0.3 is 6.01 Å². The number of hydrogen-bond donors (Lipinski definition) is 2. The number of phenolic OH excluding ortho intramolecular Hbond substituents is 1. The van der Waals surface area contributed by atoms with Crippen LogP contribution in [-0.4, -0.2) is 93.9 Å². The minimum Gasteiger partial charge on any atom is -0.508 e. The van der Waals surface area contributed by atoms with Crippen molar-refractivity contribution >= 4 is 27.5 Å². The average molecular weight is 606 g/mol. The van der Waals surface area contributed by atoms with Gasteiger partial charge in [-0.15, -0.1) is 6.42 Å². The highest BCUT2D eigenvalue weighted by Crippen LogP contribution is 2.41. The van der Waals surface area contributed by atoms with E-state index in [0.717, 1.165) is 19.4 Å². The minimum atomic E-state index is -0.948. The number of rotatable bonds is 6. The molecule has 3 unspecified atom stereocenters. The average Bonchev–Trinajstić information content (AvgIpc) is 3.55. The lowest BCUT2D eigenvalue weighted by Crippen LogP contribution is -2.45. The third-order valence-corrected chi connectivity index (χ3v) is 8.97. The predicted octanol–water partition coefficient (Wildman–Crippen LogP) is 3.96. The summed E-state index contributed by atoms with van der Waals surface area (Å²) in [5.41, 5.74) is -0.758. The van der Waals surface area contributed by atoms with Crippen molar-refractivity contribution in [3.63, 3.8) is 0 Å². The Hall–Kier alpha value is -4.18. The number of phenols is 1. The summed E-state index contributed by atoms with van der Waals surface area (Å²) in [6, 6.07) is 5.25. The van der Waals surface area contributed by atoms with Crippen LogP contribution in [0.15, 0.2) is 30.5 Å². The summed E-state index contributed by atoms with van der Waals surface area (Å²) in [6.07, 6.45) is 7.68. The van der Waals surface area contributed by atoms with E-state index in [-0.39, 0.29) is 64.6 Å². The van der Waals surface area contributed by atoms with Crippen LogP contribution < -0.4 is 9.64 Å². The van der Waals surface area contributed by atoms with E-state index in [2.05, 4.69) is 25.8 Å². The molecule has 2 aromatic heterocycles. The first-order valence-corrected chi connectivity index (χ1v) is 14.6. The molecule has 3 aliphatic rings. The second-order valence-electron chi connectivity index (χ2n) is 11.7. The monoisotopic (exact) mass is 605 g/mol. The van der Waals surface area contributed by atoms with Crippen molar-refractivity contribution in [2.45, 2.75) is 37.1 Å². The zero-order valence-corrected chi connectivity index (χ0v) is 23.8. The zero-order chi connectivity index (χ0) is 30.6. The lowest BCUT2D eigenvalue weighted by atomic mass is 9.95. The number of pyridine rings is 1. The fraction of sp³-hybridized carbons (Fsp3) is 0.406. The van der Waals surface area contributed by atoms with Crippen LogP contribution in [0, 0.1) is 24.0 Å². The number of morpholine rings is 1. The summed E-state index contributed by atoms with van der Waals surface area (Å²) >= 11 is 0. The summed E-state index contributed by atoms with van der Waals surface area (Å²) in [5.74, 6) is 0.998. The number of fused-ring (bicyclic) bond motifs is 3.